The van der Waals surface area contributed by atoms with Gasteiger partial charge in [0.05, 0.1) is 0 Å². The van der Waals surface area contributed by atoms with Gasteiger partial charge in [0.2, 0.25) is 5.79 Å². The first-order valence-corrected chi connectivity index (χ1v) is 3.93. The minimum atomic E-state index is -1.20. The zero-order valence-electron chi connectivity index (χ0n) is 8.25. The molecule has 5 nitrogen and oxygen atoms in total. The van der Waals surface area contributed by atoms with E-state index in [2.05, 4.69) is 0 Å². The molecule has 76 valence electrons. The maximum atomic E-state index is 11.0. The normalized spacial score (nSPS) is 40.2. The lowest BCUT2D eigenvalue weighted by Crippen LogP contribution is -2.61. The fourth-order valence-corrected chi connectivity index (χ4v) is 1.14. The summed E-state index contributed by atoms with van der Waals surface area (Å²) in [5, 5.41) is 0. The quantitative estimate of drug-likeness (QED) is 0.585. The number of ether oxygens (including phenoxy) is 4. The van der Waals surface area contributed by atoms with E-state index < -0.39 is 17.5 Å². The average Bonchev–Trinajstić information content (AvgIpc) is 2.12. The number of hydrogen-bond donors (Lipinski definition) is 0. The molecule has 5 heteroatoms. The van der Waals surface area contributed by atoms with E-state index in [0.717, 1.165) is 0 Å². The minimum Gasteiger partial charge on any atom is -0.426 e. The van der Waals surface area contributed by atoms with E-state index in [0.29, 0.717) is 0 Å². The van der Waals surface area contributed by atoms with Crippen LogP contribution >= 0.6 is 0 Å². The predicted octanol–water partition coefficient (Wildman–Crippen LogP) is 0.285. The zero-order chi connectivity index (χ0) is 10.1. The number of carbonyl (C=O) groups excluding carboxylic acids is 1. The Labute approximate surface area is 76.9 Å². The van der Waals surface area contributed by atoms with Gasteiger partial charge in [0.1, 0.15) is 6.61 Å². The third kappa shape index (κ3) is 1.54. The topological polar surface area (TPSA) is 54.0 Å². The van der Waals surface area contributed by atoms with Gasteiger partial charge in [0.15, 0.2) is 0 Å². The Kier molecular flexibility index (Phi) is 2.61. The predicted molar refractivity (Wildman–Crippen MR) is 42.9 cm³/mol. The highest BCUT2D eigenvalue weighted by atomic mass is 16.8. The summed E-state index contributed by atoms with van der Waals surface area (Å²) in [5.74, 6) is -2.72. The van der Waals surface area contributed by atoms with Crippen molar-refractivity contribution < 1.29 is 23.7 Å². The van der Waals surface area contributed by atoms with Crippen LogP contribution in [0.1, 0.15) is 13.8 Å². The number of carbonyl (C=O) groups is 1. The van der Waals surface area contributed by atoms with Crippen LogP contribution in [0.5, 0.6) is 0 Å². The van der Waals surface area contributed by atoms with Crippen molar-refractivity contribution in [3.05, 3.63) is 0 Å². The van der Waals surface area contributed by atoms with Crippen LogP contribution in [-0.4, -0.2) is 38.4 Å². The number of rotatable bonds is 2. The molecule has 0 aromatic rings. The molecule has 0 aromatic carbocycles. The van der Waals surface area contributed by atoms with E-state index in [1.807, 2.05) is 0 Å². The number of esters is 1. The molecule has 1 rings (SSSR count). The monoisotopic (exact) mass is 190 g/mol. The van der Waals surface area contributed by atoms with Crippen LogP contribution in [-0.2, 0) is 23.7 Å². The van der Waals surface area contributed by atoms with Crippen molar-refractivity contribution in [2.75, 3.05) is 20.8 Å². The van der Waals surface area contributed by atoms with Crippen molar-refractivity contribution in [3.8, 4) is 0 Å². The summed E-state index contributed by atoms with van der Waals surface area (Å²) >= 11 is 0. The molecule has 1 unspecified atom stereocenters. The lowest BCUT2D eigenvalue weighted by molar-refractivity contribution is -0.392. The van der Waals surface area contributed by atoms with Crippen molar-refractivity contribution in [3.63, 3.8) is 0 Å². The molecule has 1 heterocycles. The molecule has 0 aromatic heterocycles. The highest BCUT2D eigenvalue weighted by Gasteiger charge is 2.54. The van der Waals surface area contributed by atoms with Crippen LogP contribution in [0, 0.1) is 0 Å². The van der Waals surface area contributed by atoms with Gasteiger partial charge in [-0.15, -0.1) is 0 Å². The molecule has 0 amide bonds. The zero-order valence-corrected chi connectivity index (χ0v) is 8.25. The molecule has 1 aliphatic heterocycles. The van der Waals surface area contributed by atoms with Crippen molar-refractivity contribution in [1.29, 1.82) is 0 Å². The van der Waals surface area contributed by atoms with E-state index in [9.17, 15) is 4.79 Å². The number of cyclic esters (lactones) is 1. The summed E-state index contributed by atoms with van der Waals surface area (Å²) in [4.78, 5) is 11.0. The van der Waals surface area contributed by atoms with Crippen LogP contribution in [0.25, 0.3) is 0 Å². The highest BCUT2D eigenvalue weighted by Crippen LogP contribution is 2.34. The third-order valence-corrected chi connectivity index (χ3v) is 2.38. The van der Waals surface area contributed by atoms with Gasteiger partial charge in [-0.1, -0.05) is 0 Å². The summed E-state index contributed by atoms with van der Waals surface area (Å²) in [6.07, 6.45) is 0. The first-order chi connectivity index (χ1) is 5.97. The molecule has 0 saturated carbocycles. The van der Waals surface area contributed by atoms with E-state index in [1.165, 1.54) is 14.2 Å². The van der Waals surface area contributed by atoms with Gasteiger partial charge < -0.3 is 18.9 Å². The molecule has 0 aliphatic carbocycles. The lowest BCUT2D eigenvalue weighted by atomic mass is 10.1. The lowest BCUT2D eigenvalue weighted by Gasteiger charge is -2.45. The Hall–Kier alpha value is -0.650. The third-order valence-electron chi connectivity index (χ3n) is 2.38. The smallest absolute Gasteiger partial charge is 0.334 e. The Morgan fingerprint density at radius 3 is 2.23 bits per heavy atom. The second-order valence-electron chi connectivity index (χ2n) is 3.06. The second-order valence-corrected chi connectivity index (χ2v) is 3.06. The molecule has 2 atom stereocenters. The van der Waals surface area contributed by atoms with E-state index in [4.69, 9.17) is 18.9 Å². The maximum absolute atomic E-state index is 11.0. The number of methoxy groups -OCH3 is 2. The van der Waals surface area contributed by atoms with Crippen LogP contribution < -0.4 is 0 Å². The van der Waals surface area contributed by atoms with Gasteiger partial charge in [-0.2, -0.15) is 0 Å². The summed E-state index contributed by atoms with van der Waals surface area (Å²) < 4.78 is 20.4. The molecule has 1 saturated heterocycles. The van der Waals surface area contributed by atoms with E-state index in [-0.39, 0.29) is 6.61 Å². The first kappa shape index (κ1) is 10.4. The van der Waals surface area contributed by atoms with Gasteiger partial charge in [-0.05, 0) is 6.92 Å². The number of hydrogen-bond acceptors (Lipinski definition) is 5. The molecule has 13 heavy (non-hydrogen) atoms. The maximum Gasteiger partial charge on any atom is 0.334 e. The standard InChI is InChI=1S/C8H14O5/c1-7(10-3)8(2,11-4)13-6(9)5-12-7/h5H2,1-4H3/t7?,8-/m0/s1. The molecule has 1 aliphatic rings. The van der Waals surface area contributed by atoms with E-state index >= 15 is 0 Å². The van der Waals surface area contributed by atoms with Gasteiger partial charge in [0, 0.05) is 21.1 Å². The van der Waals surface area contributed by atoms with Crippen molar-refractivity contribution in [2.24, 2.45) is 0 Å². The second kappa shape index (κ2) is 3.25. The largest absolute Gasteiger partial charge is 0.426 e. The van der Waals surface area contributed by atoms with Crippen molar-refractivity contribution in [1.82, 2.24) is 0 Å². The van der Waals surface area contributed by atoms with Crippen LogP contribution in [0.2, 0.25) is 0 Å². The van der Waals surface area contributed by atoms with Gasteiger partial charge in [-0.25, -0.2) is 4.79 Å². The molecule has 0 bridgehead atoms. The Morgan fingerprint density at radius 1 is 1.23 bits per heavy atom. The summed E-state index contributed by atoms with van der Waals surface area (Å²) in [5.41, 5.74) is 0. The van der Waals surface area contributed by atoms with Crippen molar-refractivity contribution >= 4 is 5.97 Å². The Bertz CT molecular complexity index is 217. The van der Waals surface area contributed by atoms with Gasteiger partial charge in [-0.3, -0.25) is 0 Å². The molecule has 0 radical (unpaired) electrons. The molecular weight excluding hydrogens is 176 g/mol. The fourth-order valence-electron chi connectivity index (χ4n) is 1.14. The van der Waals surface area contributed by atoms with Crippen LogP contribution in [0.3, 0.4) is 0 Å². The Balaban J connectivity index is 2.90. The first-order valence-electron chi connectivity index (χ1n) is 3.93. The van der Waals surface area contributed by atoms with Crippen LogP contribution in [0.15, 0.2) is 0 Å². The molecule has 1 fully saturated rings. The average molecular weight is 190 g/mol. The SMILES string of the molecule is COC1(C)OCC(=O)O[C@]1(C)OC. The fraction of sp³-hybridized carbons (Fsp3) is 0.875. The minimum absolute atomic E-state index is 0.122. The van der Waals surface area contributed by atoms with Crippen LogP contribution in [0.4, 0.5) is 0 Å². The van der Waals surface area contributed by atoms with Gasteiger partial charge >= 0.3 is 5.97 Å². The highest BCUT2D eigenvalue weighted by molar-refractivity contribution is 5.72. The van der Waals surface area contributed by atoms with E-state index in [1.54, 1.807) is 13.8 Å². The summed E-state index contributed by atoms with van der Waals surface area (Å²) in [7, 11) is 2.90. The van der Waals surface area contributed by atoms with Crippen molar-refractivity contribution in [2.45, 2.75) is 25.4 Å². The molecule has 0 N–H and O–H groups in total. The Morgan fingerprint density at radius 2 is 1.77 bits per heavy atom. The van der Waals surface area contributed by atoms with Gasteiger partial charge in [0.25, 0.3) is 5.79 Å². The summed E-state index contributed by atoms with van der Waals surface area (Å²) in [6.45, 7) is 3.12. The molecule has 0 spiro atoms. The molecular formula is C8H14O5. The summed E-state index contributed by atoms with van der Waals surface area (Å²) in [6, 6.07) is 0.